The Morgan fingerprint density at radius 1 is 1.19 bits per heavy atom. The number of benzene rings is 2. The molecule has 5 heteroatoms. The Hall–Kier alpha value is -2.82. The number of nitrogens with one attached hydrogen (secondary N) is 2. The number of carbonyl (C=O) groups excluding carboxylic acids is 1. The normalized spacial score (nSPS) is 12.3. The summed E-state index contributed by atoms with van der Waals surface area (Å²) in [6.45, 7) is 8.13. The number of rotatable bonds is 6. The molecule has 0 radical (unpaired) electrons. The highest BCUT2D eigenvalue weighted by molar-refractivity contribution is 5.78. The molecule has 1 unspecified atom stereocenters. The zero-order valence-corrected chi connectivity index (χ0v) is 15.7. The molecule has 0 saturated carbocycles. The third kappa shape index (κ3) is 4.04. The number of para-hydroxylation sites is 2. The fourth-order valence-electron chi connectivity index (χ4n) is 2.80. The van der Waals surface area contributed by atoms with Crippen molar-refractivity contribution in [1.29, 1.82) is 0 Å². The second-order valence-corrected chi connectivity index (χ2v) is 6.90. The maximum atomic E-state index is 12.3. The molecule has 0 saturated heterocycles. The molecule has 2 N–H and O–H groups in total. The first-order chi connectivity index (χ1) is 12.4. The molecule has 3 rings (SSSR count). The lowest BCUT2D eigenvalue weighted by molar-refractivity contribution is -0.123. The number of aromatic amines is 1. The summed E-state index contributed by atoms with van der Waals surface area (Å²) >= 11 is 0. The van der Waals surface area contributed by atoms with Gasteiger partial charge in [0, 0.05) is 0 Å². The molecule has 0 fully saturated rings. The van der Waals surface area contributed by atoms with E-state index >= 15 is 0 Å². The predicted molar refractivity (Wildman–Crippen MR) is 103 cm³/mol. The lowest BCUT2D eigenvalue weighted by Gasteiger charge is -2.14. The summed E-state index contributed by atoms with van der Waals surface area (Å²) in [7, 11) is 0. The van der Waals surface area contributed by atoms with E-state index in [1.807, 2.05) is 50.2 Å². The van der Waals surface area contributed by atoms with E-state index in [0.717, 1.165) is 28.2 Å². The van der Waals surface area contributed by atoms with Gasteiger partial charge >= 0.3 is 0 Å². The molecule has 3 aromatic rings. The van der Waals surface area contributed by atoms with Crippen LogP contribution in [0.3, 0.4) is 0 Å². The number of amides is 1. The number of fused-ring (bicyclic) bond motifs is 1. The van der Waals surface area contributed by atoms with Gasteiger partial charge in [-0.05, 0) is 49.1 Å². The molecule has 1 heterocycles. The van der Waals surface area contributed by atoms with E-state index in [1.165, 1.54) is 5.56 Å². The molecular formula is C21H25N3O2. The van der Waals surface area contributed by atoms with Gasteiger partial charge in [0.1, 0.15) is 11.6 Å². The minimum atomic E-state index is -0.221. The molecule has 5 nitrogen and oxygen atoms in total. The molecule has 1 aromatic heterocycles. The van der Waals surface area contributed by atoms with Crippen molar-refractivity contribution in [2.24, 2.45) is 0 Å². The van der Waals surface area contributed by atoms with Crippen LogP contribution in [0.1, 0.15) is 49.7 Å². The highest BCUT2D eigenvalue weighted by Crippen LogP contribution is 2.24. The van der Waals surface area contributed by atoms with Gasteiger partial charge in [-0.1, -0.05) is 38.1 Å². The summed E-state index contributed by atoms with van der Waals surface area (Å²) in [6, 6.07) is 13.7. The smallest absolute Gasteiger partial charge is 0.258 e. The lowest BCUT2D eigenvalue weighted by atomic mass is 10.0. The Morgan fingerprint density at radius 2 is 1.96 bits per heavy atom. The van der Waals surface area contributed by atoms with Crippen LogP contribution >= 0.6 is 0 Å². The SMILES string of the molecule is Cc1ccc(C(C)C)cc1OCC(=O)NC(C)c1nc2ccccc2[nH]1. The van der Waals surface area contributed by atoms with Crippen molar-refractivity contribution in [2.75, 3.05) is 6.61 Å². The Labute approximate surface area is 153 Å². The van der Waals surface area contributed by atoms with Gasteiger partial charge in [-0.3, -0.25) is 4.79 Å². The second kappa shape index (κ2) is 7.60. The van der Waals surface area contributed by atoms with Crippen LogP contribution in [0.25, 0.3) is 11.0 Å². The van der Waals surface area contributed by atoms with Crippen molar-refractivity contribution in [2.45, 2.75) is 39.7 Å². The summed E-state index contributed by atoms with van der Waals surface area (Å²) in [5.74, 6) is 1.73. The zero-order chi connectivity index (χ0) is 18.7. The predicted octanol–water partition coefficient (Wildman–Crippen LogP) is 4.25. The average Bonchev–Trinajstić information content (AvgIpc) is 3.05. The van der Waals surface area contributed by atoms with Gasteiger partial charge in [-0.25, -0.2) is 4.98 Å². The number of H-pyrrole nitrogens is 1. The molecule has 1 amide bonds. The van der Waals surface area contributed by atoms with E-state index in [2.05, 4.69) is 35.2 Å². The summed E-state index contributed by atoms with van der Waals surface area (Å²) in [5.41, 5.74) is 4.07. The van der Waals surface area contributed by atoms with E-state index in [9.17, 15) is 4.79 Å². The van der Waals surface area contributed by atoms with Crippen LogP contribution in [0.5, 0.6) is 5.75 Å². The average molecular weight is 351 g/mol. The summed E-state index contributed by atoms with van der Waals surface area (Å²) in [5, 5.41) is 2.93. The van der Waals surface area contributed by atoms with Crippen LogP contribution in [0.4, 0.5) is 0 Å². The molecule has 26 heavy (non-hydrogen) atoms. The van der Waals surface area contributed by atoms with Crippen LogP contribution in [0, 0.1) is 6.92 Å². The third-order valence-corrected chi connectivity index (χ3v) is 4.43. The van der Waals surface area contributed by atoms with E-state index in [0.29, 0.717) is 5.92 Å². The molecule has 0 aliphatic heterocycles. The van der Waals surface area contributed by atoms with Crippen LogP contribution in [-0.2, 0) is 4.79 Å². The second-order valence-electron chi connectivity index (χ2n) is 6.90. The van der Waals surface area contributed by atoms with Gasteiger partial charge in [0.15, 0.2) is 6.61 Å². The van der Waals surface area contributed by atoms with E-state index < -0.39 is 0 Å². The van der Waals surface area contributed by atoms with Crippen LogP contribution in [0.15, 0.2) is 42.5 Å². The minimum absolute atomic E-state index is 0.0209. The van der Waals surface area contributed by atoms with Crippen molar-refractivity contribution < 1.29 is 9.53 Å². The topological polar surface area (TPSA) is 67.0 Å². The van der Waals surface area contributed by atoms with Gasteiger partial charge < -0.3 is 15.0 Å². The highest BCUT2D eigenvalue weighted by Gasteiger charge is 2.14. The zero-order valence-electron chi connectivity index (χ0n) is 15.7. The molecule has 0 aliphatic carbocycles. The molecule has 136 valence electrons. The fraction of sp³-hybridized carbons (Fsp3) is 0.333. The van der Waals surface area contributed by atoms with Gasteiger partial charge in [-0.2, -0.15) is 0 Å². The van der Waals surface area contributed by atoms with Crippen LogP contribution in [0.2, 0.25) is 0 Å². The molecule has 2 aromatic carbocycles. The van der Waals surface area contributed by atoms with Gasteiger partial charge in [0.05, 0.1) is 17.1 Å². The molecule has 0 bridgehead atoms. The quantitative estimate of drug-likeness (QED) is 0.697. The van der Waals surface area contributed by atoms with Gasteiger partial charge in [0.2, 0.25) is 0 Å². The first-order valence-electron chi connectivity index (χ1n) is 8.91. The fourth-order valence-corrected chi connectivity index (χ4v) is 2.80. The van der Waals surface area contributed by atoms with Crippen LogP contribution < -0.4 is 10.1 Å². The number of ether oxygens (including phenoxy) is 1. The monoisotopic (exact) mass is 351 g/mol. The molecular weight excluding hydrogens is 326 g/mol. The van der Waals surface area contributed by atoms with E-state index in [-0.39, 0.29) is 18.6 Å². The largest absolute Gasteiger partial charge is 0.483 e. The Bertz CT molecular complexity index is 882. The Morgan fingerprint density at radius 3 is 2.69 bits per heavy atom. The van der Waals surface area contributed by atoms with E-state index in [4.69, 9.17) is 4.74 Å². The summed E-state index contributed by atoms with van der Waals surface area (Å²) in [6.07, 6.45) is 0. The minimum Gasteiger partial charge on any atom is -0.483 e. The van der Waals surface area contributed by atoms with Gasteiger partial charge in [-0.15, -0.1) is 0 Å². The van der Waals surface area contributed by atoms with Crippen molar-refractivity contribution >= 4 is 16.9 Å². The molecule has 0 aliphatic rings. The number of imidazole rings is 1. The Kier molecular flexibility index (Phi) is 5.26. The number of aryl methyl sites for hydroxylation is 1. The number of hydrogen-bond donors (Lipinski definition) is 2. The number of carbonyl (C=O) groups is 1. The Balaban J connectivity index is 1.61. The van der Waals surface area contributed by atoms with Gasteiger partial charge in [0.25, 0.3) is 5.91 Å². The molecule has 1 atom stereocenters. The summed E-state index contributed by atoms with van der Waals surface area (Å²) in [4.78, 5) is 20.0. The van der Waals surface area contributed by atoms with E-state index in [1.54, 1.807) is 0 Å². The molecule has 0 spiro atoms. The maximum absolute atomic E-state index is 12.3. The lowest BCUT2D eigenvalue weighted by Crippen LogP contribution is -2.31. The number of aromatic nitrogens is 2. The highest BCUT2D eigenvalue weighted by atomic mass is 16.5. The first kappa shape index (κ1) is 18.0. The van der Waals surface area contributed by atoms with Crippen molar-refractivity contribution in [1.82, 2.24) is 15.3 Å². The van der Waals surface area contributed by atoms with Crippen molar-refractivity contribution in [3.63, 3.8) is 0 Å². The standard InChI is InChI=1S/C21H25N3O2/c1-13(2)16-10-9-14(3)19(11-16)26-12-20(25)22-15(4)21-23-17-7-5-6-8-18(17)24-21/h5-11,13,15H,12H2,1-4H3,(H,22,25)(H,23,24). The van der Waals surface area contributed by atoms with Crippen LogP contribution in [-0.4, -0.2) is 22.5 Å². The third-order valence-electron chi connectivity index (χ3n) is 4.43. The maximum Gasteiger partial charge on any atom is 0.258 e. The van der Waals surface area contributed by atoms with Crippen molar-refractivity contribution in [3.8, 4) is 5.75 Å². The number of hydrogen-bond acceptors (Lipinski definition) is 3. The van der Waals surface area contributed by atoms with Crippen molar-refractivity contribution in [3.05, 3.63) is 59.4 Å². The first-order valence-corrected chi connectivity index (χ1v) is 8.91. The number of nitrogens with zero attached hydrogens (tertiary/aromatic N) is 1. The summed E-state index contributed by atoms with van der Waals surface area (Å²) < 4.78 is 5.74.